The molecule has 0 aromatic carbocycles. The summed E-state index contributed by atoms with van der Waals surface area (Å²) >= 11 is 1.65. The number of hydrogen-bond donors (Lipinski definition) is 1. The number of esters is 1. The second-order valence-electron chi connectivity index (χ2n) is 6.31. The van der Waals surface area contributed by atoms with Gasteiger partial charge in [0.2, 0.25) is 0 Å². The Morgan fingerprint density at radius 3 is 2.73 bits per heavy atom. The Morgan fingerprint density at radius 1 is 1.27 bits per heavy atom. The van der Waals surface area contributed by atoms with Crippen molar-refractivity contribution < 1.29 is 19.1 Å². The van der Waals surface area contributed by atoms with Crippen molar-refractivity contribution in [2.24, 2.45) is 0 Å². The van der Waals surface area contributed by atoms with E-state index in [0.29, 0.717) is 18.7 Å². The molecule has 1 amide bonds. The van der Waals surface area contributed by atoms with Crippen LogP contribution < -0.4 is 5.32 Å². The summed E-state index contributed by atoms with van der Waals surface area (Å²) in [7, 11) is 1.57. The zero-order chi connectivity index (χ0) is 18.5. The third kappa shape index (κ3) is 3.99. The summed E-state index contributed by atoms with van der Waals surface area (Å²) < 4.78 is 12.3. The Bertz CT molecular complexity index is 767. The Kier molecular flexibility index (Phi) is 6.11. The molecule has 1 aliphatic rings. The highest BCUT2D eigenvalue weighted by atomic mass is 32.1. The molecule has 2 heterocycles. The van der Waals surface area contributed by atoms with Gasteiger partial charge in [0.15, 0.2) is 6.10 Å². The third-order valence-electron chi connectivity index (χ3n) is 4.45. The van der Waals surface area contributed by atoms with Crippen LogP contribution >= 0.6 is 11.3 Å². The molecular weight excluding hydrogens is 352 g/mol. The number of amides is 1. The van der Waals surface area contributed by atoms with E-state index in [-0.39, 0.29) is 5.91 Å². The van der Waals surface area contributed by atoms with E-state index >= 15 is 0 Å². The first-order valence-electron chi connectivity index (χ1n) is 8.87. The number of aryl methyl sites for hydroxylation is 1. The molecule has 2 aromatic rings. The van der Waals surface area contributed by atoms with Crippen LogP contribution in [0, 0.1) is 0 Å². The molecule has 0 saturated carbocycles. The van der Waals surface area contributed by atoms with Gasteiger partial charge >= 0.3 is 5.97 Å². The minimum atomic E-state index is -0.851. The largest absolute Gasteiger partial charge is 0.449 e. The van der Waals surface area contributed by atoms with Gasteiger partial charge in [0.25, 0.3) is 5.91 Å². The number of nitrogens with one attached hydrogen (secondary N) is 1. The van der Waals surface area contributed by atoms with Crippen LogP contribution in [0.5, 0.6) is 0 Å². The van der Waals surface area contributed by atoms with E-state index in [1.54, 1.807) is 25.4 Å². The molecule has 2 aromatic heterocycles. The van der Waals surface area contributed by atoms with Crippen LogP contribution in [0.25, 0.3) is 5.00 Å². The summed E-state index contributed by atoms with van der Waals surface area (Å²) in [6.45, 7) is 2.40. The number of carbonyl (C=O) groups excluding carboxylic acids is 2. The minimum Gasteiger partial charge on any atom is -0.449 e. The van der Waals surface area contributed by atoms with Crippen LogP contribution in [0.1, 0.15) is 40.6 Å². The predicted octanol–water partition coefficient (Wildman–Crippen LogP) is 2.73. The topological polar surface area (TPSA) is 69.6 Å². The zero-order valence-electron chi connectivity index (χ0n) is 15.1. The van der Waals surface area contributed by atoms with E-state index in [1.165, 1.54) is 4.88 Å². The second-order valence-corrected chi connectivity index (χ2v) is 7.40. The molecule has 0 saturated heterocycles. The molecule has 7 heteroatoms. The van der Waals surface area contributed by atoms with Crippen molar-refractivity contribution in [3.63, 3.8) is 0 Å². The predicted molar refractivity (Wildman–Crippen MR) is 100 cm³/mol. The van der Waals surface area contributed by atoms with E-state index in [2.05, 4.69) is 5.32 Å². The van der Waals surface area contributed by atoms with Crippen molar-refractivity contribution in [1.82, 2.24) is 9.88 Å². The highest BCUT2D eigenvalue weighted by Crippen LogP contribution is 2.37. The molecule has 0 aliphatic heterocycles. The Morgan fingerprint density at radius 2 is 2.00 bits per heavy atom. The molecular formula is C19H24N2O4S. The number of fused-ring (bicyclic) bond motifs is 1. The van der Waals surface area contributed by atoms with E-state index in [1.807, 2.05) is 29.1 Å². The summed E-state index contributed by atoms with van der Waals surface area (Å²) in [5, 5.41) is 3.57. The summed E-state index contributed by atoms with van der Waals surface area (Å²) in [5.74, 6) is -0.746. The number of thiophene rings is 1. The lowest BCUT2D eigenvalue weighted by molar-refractivity contribution is -0.129. The fourth-order valence-corrected chi connectivity index (χ4v) is 4.45. The molecule has 3 rings (SSSR count). The SMILES string of the molecule is COCCNC(=O)[C@@H](C)OC(=O)c1c(-n2cccc2)sc2c1CCCC2. The normalized spacial score (nSPS) is 14.5. The Balaban J connectivity index is 1.80. The number of carbonyl (C=O) groups is 2. The van der Waals surface area contributed by atoms with Crippen molar-refractivity contribution in [3.8, 4) is 5.00 Å². The number of ether oxygens (including phenoxy) is 2. The summed E-state index contributed by atoms with van der Waals surface area (Å²) in [6.07, 6.45) is 7.09. The highest BCUT2D eigenvalue weighted by molar-refractivity contribution is 7.15. The van der Waals surface area contributed by atoms with Crippen LogP contribution in [0.4, 0.5) is 0 Å². The van der Waals surface area contributed by atoms with Crippen LogP contribution in [0.2, 0.25) is 0 Å². The number of hydrogen-bond acceptors (Lipinski definition) is 5. The molecule has 0 bridgehead atoms. The van der Waals surface area contributed by atoms with E-state index in [9.17, 15) is 9.59 Å². The van der Waals surface area contributed by atoms with Crippen LogP contribution in [-0.4, -0.2) is 42.8 Å². The van der Waals surface area contributed by atoms with Crippen LogP contribution in [0.3, 0.4) is 0 Å². The number of rotatable bonds is 7. The van der Waals surface area contributed by atoms with Gasteiger partial charge in [-0.1, -0.05) is 0 Å². The first-order chi connectivity index (χ1) is 12.6. The lowest BCUT2D eigenvalue weighted by atomic mass is 9.95. The van der Waals surface area contributed by atoms with E-state index < -0.39 is 12.1 Å². The van der Waals surface area contributed by atoms with Crippen molar-refractivity contribution in [1.29, 1.82) is 0 Å². The maximum atomic E-state index is 12.9. The minimum absolute atomic E-state index is 0.318. The fourth-order valence-electron chi connectivity index (χ4n) is 3.11. The summed E-state index contributed by atoms with van der Waals surface area (Å²) in [4.78, 5) is 26.2. The van der Waals surface area contributed by atoms with Gasteiger partial charge in [-0.15, -0.1) is 11.3 Å². The molecule has 1 N–H and O–H groups in total. The van der Waals surface area contributed by atoms with Gasteiger partial charge in [-0.3, -0.25) is 4.79 Å². The molecule has 0 unspecified atom stereocenters. The fraction of sp³-hybridized carbons (Fsp3) is 0.474. The molecule has 140 valence electrons. The molecule has 0 radical (unpaired) electrons. The Hall–Kier alpha value is -2.12. The lowest BCUT2D eigenvalue weighted by Crippen LogP contribution is -2.37. The maximum Gasteiger partial charge on any atom is 0.342 e. The van der Waals surface area contributed by atoms with Gasteiger partial charge in [0, 0.05) is 30.9 Å². The maximum absolute atomic E-state index is 12.9. The molecule has 0 fully saturated rings. The van der Waals surface area contributed by atoms with Crippen LogP contribution in [0.15, 0.2) is 24.5 Å². The molecule has 0 spiro atoms. The highest BCUT2D eigenvalue weighted by Gasteiger charge is 2.29. The second kappa shape index (κ2) is 8.51. The van der Waals surface area contributed by atoms with Gasteiger partial charge in [-0.25, -0.2) is 4.79 Å². The Labute approximate surface area is 157 Å². The van der Waals surface area contributed by atoms with Gasteiger partial charge in [0.05, 0.1) is 12.2 Å². The zero-order valence-corrected chi connectivity index (χ0v) is 15.9. The van der Waals surface area contributed by atoms with Crippen molar-refractivity contribution in [3.05, 3.63) is 40.5 Å². The first kappa shape index (κ1) is 18.7. The molecule has 6 nitrogen and oxygen atoms in total. The van der Waals surface area contributed by atoms with Crippen molar-refractivity contribution in [2.75, 3.05) is 20.3 Å². The van der Waals surface area contributed by atoms with Gasteiger partial charge in [-0.2, -0.15) is 0 Å². The van der Waals surface area contributed by atoms with Gasteiger partial charge < -0.3 is 19.4 Å². The number of aromatic nitrogens is 1. The van der Waals surface area contributed by atoms with E-state index in [0.717, 1.165) is 36.2 Å². The smallest absolute Gasteiger partial charge is 0.342 e. The number of methoxy groups -OCH3 is 1. The molecule has 1 aliphatic carbocycles. The third-order valence-corrected chi connectivity index (χ3v) is 5.76. The first-order valence-corrected chi connectivity index (χ1v) is 9.69. The van der Waals surface area contributed by atoms with Crippen LogP contribution in [-0.2, 0) is 27.1 Å². The summed E-state index contributed by atoms with van der Waals surface area (Å²) in [5.41, 5.74) is 1.69. The lowest BCUT2D eigenvalue weighted by Gasteiger charge is -2.16. The van der Waals surface area contributed by atoms with Gasteiger partial charge in [-0.05, 0) is 50.3 Å². The molecule has 26 heavy (non-hydrogen) atoms. The monoisotopic (exact) mass is 376 g/mol. The number of nitrogens with zero attached hydrogens (tertiary/aromatic N) is 1. The summed E-state index contributed by atoms with van der Waals surface area (Å²) in [6, 6.07) is 3.86. The molecule has 1 atom stereocenters. The van der Waals surface area contributed by atoms with Crippen molar-refractivity contribution >= 4 is 23.2 Å². The van der Waals surface area contributed by atoms with Crippen molar-refractivity contribution in [2.45, 2.75) is 38.7 Å². The average Bonchev–Trinajstić information content (AvgIpc) is 3.28. The average molecular weight is 376 g/mol. The van der Waals surface area contributed by atoms with Gasteiger partial charge in [0.1, 0.15) is 5.00 Å². The quantitative estimate of drug-likeness (QED) is 0.596. The van der Waals surface area contributed by atoms with E-state index in [4.69, 9.17) is 9.47 Å². The standard InChI is InChI=1S/C19H24N2O4S/c1-13(17(22)20-9-12-24-2)25-19(23)16-14-7-3-4-8-15(14)26-18(16)21-10-5-6-11-21/h5-6,10-11,13H,3-4,7-9,12H2,1-2H3,(H,20,22)/t13-/m1/s1.